The molecular weight excluding hydrogens is 552 g/mol. The molecule has 0 spiro atoms. The number of benzene rings is 2. The van der Waals surface area contributed by atoms with Crippen LogP contribution in [0.1, 0.15) is 52.7 Å². The van der Waals surface area contributed by atoms with E-state index in [1.54, 1.807) is 6.20 Å². The predicted molar refractivity (Wildman–Crippen MR) is 175 cm³/mol. The van der Waals surface area contributed by atoms with E-state index in [4.69, 9.17) is 37.5 Å². The lowest BCUT2D eigenvalue weighted by atomic mass is 9.91. The molecule has 0 amide bonds. The zero-order chi connectivity index (χ0) is 32.8. The summed E-state index contributed by atoms with van der Waals surface area (Å²) >= 11 is 0. The Morgan fingerprint density at radius 3 is 2.07 bits per heavy atom. The third-order valence-electron chi connectivity index (χ3n) is 5.32. The third-order valence-corrected chi connectivity index (χ3v) is 5.32. The lowest BCUT2D eigenvalue weighted by molar-refractivity contribution is 0.0295. The van der Waals surface area contributed by atoms with Crippen molar-refractivity contribution in [3.63, 3.8) is 0 Å². The first-order chi connectivity index (χ1) is 20.6. The molecule has 0 radical (unpaired) electrons. The molecule has 1 aromatic heterocycles. The van der Waals surface area contributed by atoms with Crippen LogP contribution in [0.5, 0.6) is 5.75 Å². The van der Waals surface area contributed by atoms with E-state index >= 15 is 0 Å². The Balaban J connectivity index is 0.00000174. The van der Waals surface area contributed by atoms with Gasteiger partial charge in [-0.05, 0) is 47.4 Å². The molecule has 0 aliphatic heterocycles. The number of ether oxygens (including phenoxy) is 3. The van der Waals surface area contributed by atoms with Crippen LogP contribution in [0.15, 0.2) is 48.7 Å². The van der Waals surface area contributed by atoms with Crippen LogP contribution >= 0.6 is 0 Å². The molecule has 8 nitrogen and oxygen atoms in total. The molecule has 2 aromatic carbocycles. The molecule has 3 aromatic rings. The number of pyridine rings is 1. The second kappa shape index (κ2) is 21.6. The summed E-state index contributed by atoms with van der Waals surface area (Å²) in [5.41, 5.74) is 22.4. The van der Waals surface area contributed by atoms with Gasteiger partial charge in [0.05, 0.1) is 19.8 Å². The van der Waals surface area contributed by atoms with E-state index in [2.05, 4.69) is 23.6 Å². The lowest BCUT2D eigenvalue weighted by Crippen LogP contribution is -2.22. The molecular formula is C33H47F2N5O3. The van der Waals surface area contributed by atoms with Crippen LogP contribution in [-0.2, 0) is 15.9 Å². The number of nitrogen functional groups attached to an aromatic ring is 2. The van der Waals surface area contributed by atoms with Gasteiger partial charge in [-0.25, -0.2) is 4.98 Å². The summed E-state index contributed by atoms with van der Waals surface area (Å²) in [4.78, 5) is 4.46. The van der Waals surface area contributed by atoms with Gasteiger partial charge in [0.1, 0.15) is 24.8 Å². The van der Waals surface area contributed by atoms with Gasteiger partial charge in [-0.3, -0.25) is 5.73 Å². The second-order valence-corrected chi connectivity index (χ2v) is 8.45. The van der Waals surface area contributed by atoms with Crippen molar-refractivity contribution in [2.75, 3.05) is 44.5 Å². The average Bonchev–Trinajstić information content (AvgIpc) is 3.00. The number of nitrogens with one attached hydrogen (secondary N) is 1. The number of nitrogens with zero attached hydrogens (tertiary/aromatic N) is 1. The van der Waals surface area contributed by atoms with Gasteiger partial charge in [-0.2, -0.15) is 8.78 Å². The highest BCUT2D eigenvalue weighted by atomic mass is 19.3. The maximum absolute atomic E-state index is 10.8. The van der Waals surface area contributed by atoms with Crippen molar-refractivity contribution < 1.29 is 23.0 Å². The summed E-state index contributed by atoms with van der Waals surface area (Å²) in [5, 5.41) is 7.61. The van der Waals surface area contributed by atoms with E-state index in [9.17, 15) is 8.78 Å². The highest BCUT2D eigenvalue weighted by Gasteiger charge is 2.16. The van der Waals surface area contributed by atoms with Gasteiger partial charge < -0.3 is 31.1 Å². The Bertz CT molecular complexity index is 1250. The van der Waals surface area contributed by atoms with Gasteiger partial charge >= 0.3 is 0 Å². The van der Waals surface area contributed by atoms with Crippen LogP contribution in [-0.4, -0.2) is 50.3 Å². The quantitative estimate of drug-likeness (QED) is 0.0590. The highest BCUT2D eigenvalue weighted by molar-refractivity contribution is 5.90. The number of anilines is 2. The number of rotatable bonds is 12. The number of halogens is 2. The summed E-state index contributed by atoms with van der Waals surface area (Å²) in [6.45, 7) is 12.8. The van der Waals surface area contributed by atoms with Crippen molar-refractivity contribution >= 4 is 17.7 Å². The summed E-state index contributed by atoms with van der Waals surface area (Å²) in [7, 11) is 0. The summed E-state index contributed by atoms with van der Waals surface area (Å²) < 4.78 is 38.0. The van der Waals surface area contributed by atoms with Crippen LogP contribution in [0.3, 0.4) is 0 Å². The molecule has 1 heterocycles. The van der Waals surface area contributed by atoms with Crippen molar-refractivity contribution in [1.82, 2.24) is 4.98 Å². The number of hydrogen-bond acceptors (Lipinski definition) is 8. The Kier molecular flexibility index (Phi) is 19.6. The average molecular weight is 600 g/mol. The fraction of sp³-hybridized carbons (Fsp3) is 0.394. The molecule has 0 unspecified atom stereocenters. The van der Waals surface area contributed by atoms with Crippen molar-refractivity contribution in [2.45, 2.75) is 54.0 Å². The molecule has 0 bridgehead atoms. The molecule has 10 heteroatoms. The van der Waals surface area contributed by atoms with Crippen molar-refractivity contribution in [2.24, 2.45) is 5.73 Å². The van der Waals surface area contributed by atoms with Gasteiger partial charge in [0.2, 0.25) is 0 Å². The van der Waals surface area contributed by atoms with Crippen molar-refractivity contribution in [3.05, 3.63) is 59.8 Å². The maximum Gasteiger partial charge on any atom is 0.297 e. The minimum Gasteiger partial charge on any atom is -0.491 e. The molecule has 0 aliphatic carbocycles. The van der Waals surface area contributed by atoms with Crippen molar-refractivity contribution in [3.8, 4) is 40.3 Å². The van der Waals surface area contributed by atoms with Crippen LogP contribution in [0.25, 0.3) is 22.3 Å². The van der Waals surface area contributed by atoms with E-state index in [1.165, 1.54) is 6.21 Å². The molecule has 0 atom stereocenters. The molecule has 43 heavy (non-hydrogen) atoms. The first-order valence-corrected chi connectivity index (χ1v) is 14.3. The minimum absolute atomic E-state index is 0.291. The van der Waals surface area contributed by atoms with E-state index in [1.807, 2.05) is 70.2 Å². The normalized spacial score (nSPS) is 10.0. The third kappa shape index (κ3) is 14.6. The van der Waals surface area contributed by atoms with Crippen LogP contribution in [0.4, 0.5) is 20.3 Å². The number of terminal acetylenes is 1. The molecule has 3 rings (SSSR count). The zero-order valence-electron chi connectivity index (χ0n) is 26.2. The Labute approximate surface area is 255 Å². The molecule has 0 saturated carbocycles. The number of nitrogens with two attached hydrogens (primary N) is 3. The molecule has 0 fully saturated rings. The SMILES string of the molecule is C#CCOCCOCCOc1ccc(-c2c(N)ncc(-c3ccc(N)c(C=N)c3)c2CC)cc1.CC.CC.CC(N)(F)F. The van der Waals surface area contributed by atoms with Gasteiger partial charge in [0.25, 0.3) is 6.05 Å². The standard InChI is InChI=1S/C27H30N4O3.C2H5F2N.2C2H6/c1-3-11-32-12-13-33-14-15-34-22-8-5-19(6-9-22)26-23(4-2)24(18-31-27(26)30)20-7-10-25(29)21(16-20)17-28;1-2(3,4)5;2*1-2/h1,5-10,16-18,28H,4,11-15,29H2,2H3,(H2,30,31);5H2,1H3;2*1-2H3. The smallest absolute Gasteiger partial charge is 0.297 e. The van der Waals surface area contributed by atoms with Crippen molar-refractivity contribution in [1.29, 1.82) is 5.41 Å². The summed E-state index contributed by atoms with van der Waals surface area (Å²) in [6.07, 6.45) is 8.93. The van der Waals surface area contributed by atoms with Gasteiger partial charge in [-0.1, -0.05) is 58.7 Å². The highest BCUT2D eigenvalue weighted by Crippen LogP contribution is 2.37. The Hall–Kier alpha value is -4.04. The minimum atomic E-state index is -3.00. The molecule has 236 valence electrons. The summed E-state index contributed by atoms with van der Waals surface area (Å²) in [5.74, 6) is 3.62. The number of hydrogen-bond donors (Lipinski definition) is 4. The number of aromatic nitrogens is 1. The monoisotopic (exact) mass is 599 g/mol. The van der Waals surface area contributed by atoms with E-state index in [-0.39, 0.29) is 0 Å². The maximum atomic E-state index is 10.8. The number of alkyl halides is 2. The van der Waals surface area contributed by atoms with Crippen LogP contribution < -0.4 is 21.9 Å². The molecule has 0 saturated heterocycles. The van der Waals surface area contributed by atoms with E-state index in [0.717, 1.165) is 40.0 Å². The first-order valence-electron chi connectivity index (χ1n) is 14.3. The molecule has 0 aliphatic rings. The van der Waals surface area contributed by atoms with Gasteiger partial charge in [0, 0.05) is 41.7 Å². The molecule has 7 N–H and O–H groups in total. The lowest BCUT2D eigenvalue weighted by Gasteiger charge is -2.17. The van der Waals surface area contributed by atoms with Gasteiger partial charge in [-0.15, -0.1) is 6.42 Å². The van der Waals surface area contributed by atoms with Crippen LogP contribution in [0, 0.1) is 17.8 Å². The van der Waals surface area contributed by atoms with E-state index < -0.39 is 6.05 Å². The van der Waals surface area contributed by atoms with E-state index in [0.29, 0.717) is 57.0 Å². The zero-order valence-corrected chi connectivity index (χ0v) is 26.2. The largest absolute Gasteiger partial charge is 0.491 e. The fourth-order valence-electron chi connectivity index (χ4n) is 3.66. The first kappa shape index (κ1) is 39.0. The Morgan fingerprint density at radius 2 is 1.51 bits per heavy atom. The summed E-state index contributed by atoms with van der Waals surface area (Å²) in [6, 6.07) is 10.4. The van der Waals surface area contributed by atoms with Crippen LogP contribution in [0.2, 0.25) is 0 Å². The topological polar surface area (TPSA) is 142 Å². The van der Waals surface area contributed by atoms with Gasteiger partial charge in [0.15, 0.2) is 0 Å². The second-order valence-electron chi connectivity index (χ2n) is 8.45. The Morgan fingerprint density at radius 1 is 0.953 bits per heavy atom. The predicted octanol–water partition coefficient (Wildman–Crippen LogP) is 6.80. The fourth-order valence-corrected chi connectivity index (χ4v) is 3.66.